The number of nitrogens with zero attached hydrogens (tertiary/aromatic N) is 1. The summed E-state index contributed by atoms with van der Waals surface area (Å²) >= 11 is 1.40. The molecular formula is C14H12N2O3S. The minimum atomic E-state index is -1.13. The van der Waals surface area contributed by atoms with E-state index in [2.05, 4.69) is 10.3 Å². The van der Waals surface area contributed by atoms with E-state index in [-0.39, 0.29) is 23.2 Å². The van der Waals surface area contributed by atoms with Crippen LogP contribution in [0.4, 0.5) is 5.82 Å². The Balaban J connectivity index is 1.91. The predicted octanol–water partition coefficient (Wildman–Crippen LogP) is 2.51. The highest BCUT2D eigenvalue weighted by Gasteiger charge is 2.08. The highest BCUT2D eigenvalue weighted by molar-refractivity contribution is 8.00. The van der Waals surface area contributed by atoms with E-state index < -0.39 is 5.97 Å². The lowest BCUT2D eigenvalue weighted by atomic mass is 10.3. The first kappa shape index (κ1) is 14.1. The molecule has 0 radical (unpaired) electrons. The molecule has 2 rings (SSSR count). The molecule has 0 saturated carbocycles. The van der Waals surface area contributed by atoms with E-state index in [4.69, 9.17) is 5.11 Å². The van der Waals surface area contributed by atoms with Crippen molar-refractivity contribution in [1.82, 2.24) is 4.98 Å². The fourth-order valence-corrected chi connectivity index (χ4v) is 2.19. The average molecular weight is 288 g/mol. The van der Waals surface area contributed by atoms with Crippen LogP contribution in [0.25, 0.3) is 0 Å². The monoisotopic (exact) mass is 288 g/mol. The van der Waals surface area contributed by atoms with Gasteiger partial charge in [-0.1, -0.05) is 24.3 Å². The number of carbonyl (C=O) groups is 2. The Morgan fingerprint density at radius 3 is 2.55 bits per heavy atom. The number of carboxylic acid groups (broad SMARTS) is 1. The molecule has 0 aliphatic carbocycles. The number of carbonyl (C=O) groups excluding carboxylic acids is 1. The lowest BCUT2D eigenvalue weighted by molar-refractivity contribution is -0.113. The maximum absolute atomic E-state index is 11.7. The Bertz CT molecular complexity index is 617. The molecule has 20 heavy (non-hydrogen) atoms. The standard InChI is InChI=1S/C14H12N2O3S/c17-13(9-20-10-5-2-1-3-6-10)16-12-8-4-7-11(15-12)14(18)19/h1-8H,9H2,(H,18,19)(H,15,16,17). The molecule has 0 aliphatic rings. The Kier molecular flexibility index (Phi) is 4.73. The van der Waals surface area contributed by atoms with Crippen molar-refractivity contribution in [3.05, 3.63) is 54.2 Å². The molecule has 0 spiro atoms. The molecule has 0 fully saturated rings. The molecule has 0 atom stereocenters. The van der Waals surface area contributed by atoms with Crippen molar-refractivity contribution in [2.75, 3.05) is 11.1 Å². The van der Waals surface area contributed by atoms with Gasteiger partial charge in [0.05, 0.1) is 5.75 Å². The first-order valence-electron chi connectivity index (χ1n) is 5.83. The summed E-state index contributed by atoms with van der Waals surface area (Å²) in [6.07, 6.45) is 0. The van der Waals surface area contributed by atoms with Crippen molar-refractivity contribution < 1.29 is 14.7 Å². The summed E-state index contributed by atoms with van der Waals surface area (Å²) in [7, 11) is 0. The number of hydrogen-bond acceptors (Lipinski definition) is 4. The van der Waals surface area contributed by atoms with Gasteiger partial charge >= 0.3 is 5.97 Å². The van der Waals surface area contributed by atoms with Crippen LogP contribution < -0.4 is 5.32 Å². The van der Waals surface area contributed by atoms with Crippen LogP contribution in [-0.4, -0.2) is 27.7 Å². The molecule has 1 amide bonds. The third-order valence-electron chi connectivity index (χ3n) is 2.35. The number of thioether (sulfide) groups is 1. The van der Waals surface area contributed by atoms with Crippen LogP contribution in [0, 0.1) is 0 Å². The van der Waals surface area contributed by atoms with Gasteiger partial charge in [-0.05, 0) is 24.3 Å². The van der Waals surface area contributed by atoms with Gasteiger partial charge < -0.3 is 10.4 Å². The first-order chi connectivity index (χ1) is 9.65. The van der Waals surface area contributed by atoms with E-state index in [0.717, 1.165) is 4.90 Å². The van der Waals surface area contributed by atoms with Gasteiger partial charge in [0, 0.05) is 4.90 Å². The zero-order chi connectivity index (χ0) is 14.4. The van der Waals surface area contributed by atoms with Crippen LogP contribution in [0.2, 0.25) is 0 Å². The van der Waals surface area contributed by atoms with E-state index in [0.29, 0.717) is 0 Å². The number of hydrogen-bond donors (Lipinski definition) is 2. The summed E-state index contributed by atoms with van der Waals surface area (Å²) in [4.78, 5) is 27.3. The number of anilines is 1. The van der Waals surface area contributed by atoms with Crippen molar-refractivity contribution in [2.24, 2.45) is 0 Å². The third kappa shape index (κ3) is 4.10. The molecule has 0 aliphatic heterocycles. The van der Waals surface area contributed by atoms with Gasteiger partial charge in [0.25, 0.3) is 0 Å². The zero-order valence-electron chi connectivity index (χ0n) is 10.4. The molecular weight excluding hydrogens is 276 g/mol. The Labute approximate surface area is 120 Å². The second-order valence-corrected chi connectivity index (χ2v) is 4.91. The van der Waals surface area contributed by atoms with Crippen LogP contribution in [-0.2, 0) is 4.79 Å². The van der Waals surface area contributed by atoms with Gasteiger partial charge in [-0.2, -0.15) is 0 Å². The third-order valence-corrected chi connectivity index (χ3v) is 3.36. The van der Waals surface area contributed by atoms with E-state index in [9.17, 15) is 9.59 Å². The normalized spacial score (nSPS) is 10.0. The number of aromatic nitrogens is 1. The van der Waals surface area contributed by atoms with E-state index in [1.165, 1.54) is 23.9 Å². The van der Waals surface area contributed by atoms with Crippen molar-refractivity contribution in [2.45, 2.75) is 4.90 Å². The van der Waals surface area contributed by atoms with Crippen LogP contribution in [0.1, 0.15) is 10.5 Å². The fraction of sp³-hybridized carbons (Fsp3) is 0.0714. The molecule has 0 unspecified atom stereocenters. The SMILES string of the molecule is O=C(CSc1ccccc1)Nc1cccc(C(=O)O)n1. The maximum Gasteiger partial charge on any atom is 0.354 e. The van der Waals surface area contributed by atoms with Crippen LogP contribution in [0.5, 0.6) is 0 Å². The van der Waals surface area contributed by atoms with Crippen LogP contribution in [0.3, 0.4) is 0 Å². The fourth-order valence-electron chi connectivity index (χ4n) is 1.47. The second kappa shape index (κ2) is 6.72. The van der Waals surface area contributed by atoms with Gasteiger partial charge in [0.15, 0.2) is 5.69 Å². The molecule has 0 bridgehead atoms. The Hall–Kier alpha value is -2.34. The topological polar surface area (TPSA) is 79.3 Å². The minimum Gasteiger partial charge on any atom is -0.477 e. The molecule has 2 aromatic rings. The molecule has 1 aromatic carbocycles. The second-order valence-electron chi connectivity index (χ2n) is 3.86. The molecule has 1 heterocycles. The van der Waals surface area contributed by atoms with Gasteiger partial charge in [-0.25, -0.2) is 9.78 Å². The number of benzene rings is 1. The van der Waals surface area contributed by atoms with Gasteiger partial charge in [0.1, 0.15) is 5.82 Å². The van der Waals surface area contributed by atoms with Crippen molar-refractivity contribution in [3.8, 4) is 0 Å². The van der Waals surface area contributed by atoms with E-state index in [1.807, 2.05) is 30.3 Å². The van der Waals surface area contributed by atoms with Gasteiger partial charge in [0.2, 0.25) is 5.91 Å². The molecule has 5 nitrogen and oxygen atoms in total. The van der Waals surface area contributed by atoms with Crippen molar-refractivity contribution >= 4 is 29.5 Å². The summed E-state index contributed by atoms with van der Waals surface area (Å²) < 4.78 is 0. The zero-order valence-corrected chi connectivity index (χ0v) is 11.3. The summed E-state index contributed by atoms with van der Waals surface area (Å²) in [6.45, 7) is 0. The lowest BCUT2D eigenvalue weighted by Crippen LogP contribution is -2.15. The molecule has 0 saturated heterocycles. The number of nitrogens with one attached hydrogen (secondary N) is 1. The van der Waals surface area contributed by atoms with Crippen molar-refractivity contribution in [3.63, 3.8) is 0 Å². The van der Waals surface area contributed by atoms with E-state index >= 15 is 0 Å². The number of aromatic carboxylic acids is 1. The Morgan fingerprint density at radius 2 is 1.85 bits per heavy atom. The number of pyridine rings is 1. The minimum absolute atomic E-state index is 0.0986. The Morgan fingerprint density at radius 1 is 1.10 bits per heavy atom. The smallest absolute Gasteiger partial charge is 0.354 e. The summed E-state index contributed by atoms with van der Waals surface area (Å²) in [5.41, 5.74) is -0.0986. The molecule has 102 valence electrons. The molecule has 6 heteroatoms. The maximum atomic E-state index is 11.7. The molecule has 1 aromatic heterocycles. The van der Waals surface area contributed by atoms with Gasteiger partial charge in [-0.3, -0.25) is 4.79 Å². The largest absolute Gasteiger partial charge is 0.477 e. The van der Waals surface area contributed by atoms with Crippen LogP contribution >= 0.6 is 11.8 Å². The highest BCUT2D eigenvalue weighted by Crippen LogP contribution is 2.17. The molecule has 2 N–H and O–H groups in total. The quantitative estimate of drug-likeness (QED) is 0.826. The average Bonchev–Trinajstić information content (AvgIpc) is 2.46. The number of carboxylic acids is 1. The summed E-state index contributed by atoms with van der Waals surface area (Å²) in [6, 6.07) is 14.0. The first-order valence-corrected chi connectivity index (χ1v) is 6.82. The lowest BCUT2D eigenvalue weighted by Gasteiger charge is -2.05. The van der Waals surface area contributed by atoms with Gasteiger partial charge in [-0.15, -0.1) is 11.8 Å². The highest BCUT2D eigenvalue weighted by atomic mass is 32.2. The van der Waals surface area contributed by atoms with Crippen LogP contribution in [0.15, 0.2) is 53.4 Å². The summed E-state index contributed by atoms with van der Waals surface area (Å²) in [5, 5.41) is 11.4. The number of rotatable bonds is 5. The number of amides is 1. The van der Waals surface area contributed by atoms with E-state index in [1.54, 1.807) is 6.07 Å². The summed E-state index contributed by atoms with van der Waals surface area (Å²) in [5.74, 6) is -0.875. The van der Waals surface area contributed by atoms with Crippen molar-refractivity contribution in [1.29, 1.82) is 0 Å². The predicted molar refractivity (Wildman–Crippen MR) is 77.0 cm³/mol.